The summed E-state index contributed by atoms with van der Waals surface area (Å²) >= 11 is 0. The van der Waals surface area contributed by atoms with E-state index in [1.165, 1.54) is 5.56 Å². The number of nitrogens with zero attached hydrogens (tertiary/aromatic N) is 1. The summed E-state index contributed by atoms with van der Waals surface area (Å²) in [6.45, 7) is 3.43. The van der Waals surface area contributed by atoms with Crippen molar-refractivity contribution in [3.63, 3.8) is 0 Å². The summed E-state index contributed by atoms with van der Waals surface area (Å²) in [6.07, 6.45) is 0. The summed E-state index contributed by atoms with van der Waals surface area (Å²) in [4.78, 5) is 14.0. The third-order valence-electron chi connectivity index (χ3n) is 3.77. The summed E-state index contributed by atoms with van der Waals surface area (Å²) in [5.41, 5.74) is 1.20. The van der Waals surface area contributed by atoms with Crippen LogP contribution in [-0.2, 0) is 4.79 Å². The van der Waals surface area contributed by atoms with Gasteiger partial charge in [-0.2, -0.15) is 0 Å². The Kier molecular flexibility index (Phi) is 6.63. The molecule has 1 N–H and O–H groups in total. The van der Waals surface area contributed by atoms with E-state index in [1.54, 1.807) is 0 Å². The van der Waals surface area contributed by atoms with E-state index in [4.69, 9.17) is 4.74 Å². The van der Waals surface area contributed by atoms with Crippen molar-refractivity contribution in [3.05, 3.63) is 66.2 Å². The highest BCUT2D eigenvalue weighted by Gasteiger charge is 2.14. The first kappa shape index (κ1) is 17.0. The molecule has 0 saturated heterocycles. The van der Waals surface area contributed by atoms with Crippen molar-refractivity contribution in [2.75, 3.05) is 26.7 Å². The van der Waals surface area contributed by atoms with E-state index in [0.717, 1.165) is 5.75 Å². The van der Waals surface area contributed by atoms with Crippen molar-refractivity contribution in [2.24, 2.45) is 0 Å². The number of rotatable bonds is 8. The number of likely N-dealkylation sites (N-methyl/N-ethyl adjacent to an activating group) is 1. The molecule has 0 aliphatic carbocycles. The van der Waals surface area contributed by atoms with E-state index in [1.807, 2.05) is 60.5 Å². The molecule has 122 valence electrons. The molecule has 1 atom stereocenters. The van der Waals surface area contributed by atoms with Gasteiger partial charge in [0.15, 0.2) is 0 Å². The quantitative estimate of drug-likeness (QED) is 0.762. The summed E-state index contributed by atoms with van der Waals surface area (Å²) < 4.78 is 5.55. The molecular formula is C19H24N2O2. The fourth-order valence-corrected chi connectivity index (χ4v) is 2.28. The van der Waals surface area contributed by atoms with Crippen molar-refractivity contribution in [1.29, 1.82) is 0 Å². The second-order valence-electron chi connectivity index (χ2n) is 5.51. The average Bonchev–Trinajstić information content (AvgIpc) is 2.59. The Bertz CT molecular complexity index is 587. The van der Waals surface area contributed by atoms with E-state index in [9.17, 15) is 4.79 Å². The van der Waals surface area contributed by atoms with Gasteiger partial charge in [0, 0.05) is 6.04 Å². The number of hydrogen-bond acceptors (Lipinski definition) is 3. The second kappa shape index (κ2) is 8.96. The van der Waals surface area contributed by atoms with Crippen molar-refractivity contribution >= 4 is 5.91 Å². The highest BCUT2D eigenvalue weighted by Crippen LogP contribution is 2.17. The smallest absolute Gasteiger partial charge is 0.234 e. The Balaban J connectivity index is 1.68. The first-order chi connectivity index (χ1) is 11.2. The number of carbonyl (C=O) groups is 1. The molecule has 2 aromatic carbocycles. The molecule has 4 nitrogen and oxygen atoms in total. The molecule has 4 heteroatoms. The van der Waals surface area contributed by atoms with Gasteiger partial charge >= 0.3 is 0 Å². The minimum Gasteiger partial charge on any atom is -0.492 e. The zero-order valence-corrected chi connectivity index (χ0v) is 13.7. The van der Waals surface area contributed by atoms with Gasteiger partial charge in [-0.05, 0) is 31.7 Å². The van der Waals surface area contributed by atoms with Crippen LogP contribution in [0, 0.1) is 0 Å². The van der Waals surface area contributed by atoms with E-state index >= 15 is 0 Å². The summed E-state index contributed by atoms with van der Waals surface area (Å²) in [7, 11) is 1.96. The summed E-state index contributed by atoms with van der Waals surface area (Å²) in [6, 6.07) is 20.0. The van der Waals surface area contributed by atoms with Crippen LogP contribution in [0.25, 0.3) is 0 Å². The average molecular weight is 312 g/mol. The molecule has 0 heterocycles. The Morgan fingerprint density at radius 3 is 2.35 bits per heavy atom. The lowest BCUT2D eigenvalue weighted by Crippen LogP contribution is -2.38. The number of para-hydroxylation sites is 1. The van der Waals surface area contributed by atoms with Gasteiger partial charge in [-0.1, -0.05) is 48.5 Å². The van der Waals surface area contributed by atoms with Gasteiger partial charge in [0.25, 0.3) is 0 Å². The highest BCUT2D eigenvalue weighted by molar-refractivity contribution is 5.78. The fourth-order valence-electron chi connectivity index (χ4n) is 2.28. The molecule has 1 amide bonds. The lowest BCUT2D eigenvalue weighted by Gasteiger charge is -2.24. The molecule has 2 aromatic rings. The Morgan fingerprint density at radius 1 is 1.09 bits per heavy atom. The molecule has 0 aliphatic rings. The van der Waals surface area contributed by atoms with Crippen molar-refractivity contribution in [1.82, 2.24) is 10.2 Å². The van der Waals surface area contributed by atoms with Crippen LogP contribution < -0.4 is 10.1 Å². The highest BCUT2D eigenvalue weighted by atomic mass is 16.5. The topological polar surface area (TPSA) is 41.6 Å². The second-order valence-corrected chi connectivity index (χ2v) is 5.51. The molecule has 0 spiro atoms. The maximum absolute atomic E-state index is 12.0. The van der Waals surface area contributed by atoms with E-state index in [0.29, 0.717) is 19.7 Å². The van der Waals surface area contributed by atoms with Crippen molar-refractivity contribution in [3.8, 4) is 5.75 Å². The minimum absolute atomic E-state index is 0.00643. The van der Waals surface area contributed by atoms with E-state index < -0.39 is 0 Å². The van der Waals surface area contributed by atoms with Gasteiger partial charge in [0.2, 0.25) is 5.91 Å². The van der Waals surface area contributed by atoms with Gasteiger partial charge in [0.1, 0.15) is 12.4 Å². The fraction of sp³-hybridized carbons (Fsp3) is 0.316. The first-order valence-corrected chi connectivity index (χ1v) is 7.86. The number of hydrogen-bond donors (Lipinski definition) is 1. The number of amides is 1. The molecule has 0 radical (unpaired) electrons. The van der Waals surface area contributed by atoms with Crippen molar-refractivity contribution in [2.45, 2.75) is 13.0 Å². The number of carbonyl (C=O) groups excluding carboxylic acids is 1. The maximum atomic E-state index is 12.0. The lowest BCUT2D eigenvalue weighted by molar-refractivity contribution is -0.122. The lowest BCUT2D eigenvalue weighted by atomic mass is 10.1. The van der Waals surface area contributed by atoms with Crippen LogP contribution in [0.1, 0.15) is 18.5 Å². The monoisotopic (exact) mass is 312 g/mol. The van der Waals surface area contributed by atoms with Gasteiger partial charge in [-0.25, -0.2) is 0 Å². The van der Waals surface area contributed by atoms with E-state index in [2.05, 4.69) is 24.4 Å². The molecule has 0 unspecified atom stereocenters. The van der Waals surface area contributed by atoms with Crippen LogP contribution in [0.3, 0.4) is 0 Å². The molecule has 0 aromatic heterocycles. The standard InChI is InChI=1S/C19H24N2O2/c1-16(17-9-5-3-6-10-17)21(2)15-19(22)20-13-14-23-18-11-7-4-8-12-18/h3-12,16H,13-15H2,1-2H3,(H,20,22)/t16-/m0/s1. The predicted molar refractivity (Wildman–Crippen MR) is 92.4 cm³/mol. The van der Waals surface area contributed by atoms with Crippen LogP contribution in [-0.4, -0.2) is 37.6 Å². The normalized spacial score (nSPS) is 12.0. The first-order valence-electron chi connectivity index (χ1n) is 7.86. The van der Waals surface area contributed by atoms with Crippen LogP contribution in [0.15, 0.2) is 60.7 Å². The van der Waals surface area contributed by atoms with Gasteiger partial charge in [-0.15, -0.1) is 0 Å². The Morgan fingerprint density at radius 2 is 1.70 bits per heavy atom. The van der Waals surface area contributed by atoms with Gasteiger partial charge in [-0.3, -0.25) is 9.69 Å². The van der Waals surface area contributed by atoms with Gasteiger partial charge in [0.05, 0.1) is 13.1 Å². The third-order valence-corrected chi connectivity index (χ3v) is 3.77. The molecule has 0 saturated carbocycles. The Labute approximate surface area is 138 Å². The largest absolute Gasteiger partial charge is 0.492 e. The van der Waals surface area contributed by atoms with E-state index in [-0.39, 0.29) is 11.9 Å². The Hall–Kier alpha value is -2.33. The number of nitrogens with one attached hydrogen (secondary N) is 1. The summed E-state index contributed by atoms with van der Waals surface area (Å²) in [5, 5.41) is 2.88. The molecule has 23 heavy (non-hydrogen) atoms. The molecule has 0 aliphatic heterocycles. The zero-order valence-electron chi connectivity index (χ0n) is 13.7. The minimum atomic E-state index is 0.00643. The van der Waals surface area contributed by atoms with Crippen LogP contribution in [0.4, 0.5) is 0 Å². The third kappa shape index (κ3) is 5.75. The van der Waals surface area contributed by atoms with Gasteiger partial charge < -0.3 is 10.1 Å². The molecular weight excluding hydrogens is 288 g/mol. The molecule has 0 fully saturated rings. The SMILES string of the molecule is C[C@@H](c1ccccc1)N(C)CC(=O)NCCOc1ccccc1. The zero-order chi connectivity index (χ0) is 16.5. The van der Waals surface area contributed by atoms with Crippen LogP contribution >= 0.6 is 0 Å². The number of ether oxygens (including phenoxy) is 1. The predicted octanol–water partition coefficient (Wildman–Crippen LogP) is 2.87. The molecule has 2 rings (SSSR count). The summed E-state index contributed by atoms with van der Waals surface area (Å²) in [5.74, 6) is 0.823. The molecule has 0 bridgehead atoms. The maximum Gasteiger partial charge on any atom is 0.234 e. The van der Waals surface area contributed by atoms with Crippen LogP contribution in [0.2, 0.25) is 0 Å². The van der Waals surface area contributed by atoms with Crippen LogP contribution in [0.5, 0.6) is 5.75 Å². The van der Waals surface area contributed by atoms with Crippen molar-refractivity contribution < 1.29 is 9.53 Å². The number of benzene rings is 2.